The summed E-state index contributed by atoms with van der Waals surface area (Å²) in [6.07, 6.45) is 1.73. The van der Waals surface area contributed by atoms with E-state index in [4.69, 9.17) is 28.6 Å². The van der Waals surface area contributed by atoms with E-state index >= 15 is 0 Å². The Morgan fingerprint density at radius 3 is 2.59 bits per heavy atom. The Bertz CT molecular complexity index is 1210. The molecule has 0 aromatic heterocycles. The van der Waals surface area contributed by atoms with Gasteiger partial charge in [0.1, 0.15) is 5.75 Å². The number of hydrogen-bond donors (Lipinski definition) is 1. The monoisotopic (exact) mass is 480 g/mol. The predicted octanol–water partition coefficient (Wildman–Crippen LogP) is 5.76. The van der Waals surface area contributed by atoms with Crippen molar-refractivity contribution in [3.8, 4) is 5.75 Å². The van der Waals surface area contributed by atoms with Gasteiger partial charge in [0.2, 0.25) is 0 Å². The lowest BCUT2D eigenvalue weighted by Crippen LogP contribution is -2.27. The molecule has 1 aliphatic heterocycles. The van der Waals surface area contributed by atoms with Crippen LogP contribution in [0.5, 0.6) is 5.75 Å². The highest BCUT2D eigenvalue weighted by Gasteiger charge is 2.33. The smallest absolute Gasteiger partial charge is 0.270 e. The van der Waals surface area contributed by atoms with Crippen LogP contribution in [0.3, 0.4) is 0 Å². The van der Waals surface area contributed by atoms with Gasteiger partial charge in [-0.1, -0.05) is 78.0 Å². The van der Waals surface area contributed by atoms with Gasteiger partial charge < -0.3 is 10.1 Å². The second kappa shape index (κ2) is 9.99. The fourth-order valence-corrected chi connectivity index (χ4v) is 4.53. The number of carbonyl (C=O) groups is 2. The Labute approximate surface area is 200 Å². The normalized spacial score (nSPS) is 14.7. The van der Waals surface area contributed by atoms with E-state index in [1.807, 2.05) is 42.5 Å². The molecule has 1 saturated heterocycles. The van der Waals surface area contributed by atoms with E-state index in [0.29, 0.717) is 31.2 Å². The summed E-state index contributed by atoms with van der Waals surface area (Å²) in [5.74, 6) is -0.0316. The van der Waals surface area contributed by atoms with Crippen LogP contribution in [0.1, 0.15) is 5.56 Å². The first-order valence-electron chi connectivity index (χ1n) is 9.61. The van der Waals surface area contributed by atoms with Gasteiger partial charge in [-0.05, 0) is 42.5 Å². The Balaban J connectivity index is 1.48. The molecule has 5 nitrogen and oxygen atoms in total. The van der Waals surface area contributed by atoms with Gasteiger partial charge in [0, 0.05) is 16.3 Å². The zero-order valence-electron chi connectivity index (χ0n) is 16.7. The number of thioether (sulfide) groups is 1. The van der Waals surface area contributed by atoms with Crippen LogP contribution in [0.4, 0.5) is 11.4 Å². The molecule has 1 heterocycles. The lowest BCUT2D eigenvalue weighted by molar-refractivity contribution is -0.118. The molecule has 3 aromatic rings. The number of benzene rings is 3. The number of thiocarbonyl (C=S) groups is 1. The number of nitrogens with zero attached hydrogens (tertiary/aromatic N) is 1. The second-order valence-corrected chi connectivity index (χ2v) is 8.85. The van der Waals surface area contributed by atoms with Crippen molar-refractivity contribution in [1.82, 2.24) is 0 Å². The van der Waals surface area contributed by atoms with E-state index in [2.05, 4.69) is 5.32 Å². The van der Waals surface area contributed by atoms with Crippen LogP contribution < -0.4 is 15.0 Å². The van der Waals surface area contributed by atoms with Gasteiger partial charge >= 0.3 is 0 Å². The van der Waals surface area contributed by atoms with Gasteiger partial charge in [-0.2, -0.15) is 0 Å². The van der Waals surface area contributed by atoms with E-state index < -0.39 is 0 Å². The quantitative estimate of drug-likeness (QED) is 0.359. The minimum atomic E-state index is -0.322. The van der Waals surface area contributed by atoms with E-state index in [9.17, 15) is 9.59 Å². The molecule has 32 heavy (non-hydrogen) atoms. The van der Waals surface area contributed by atoms with Crippen LogP contribution in [-0.4, -0.2) is 22.7 Å². The SMILES string of the molecule is O=C(COc1ccccc1/C=C1\SC(=S)N(c2ccccc2)C1=O)Nc1cccc(Cl)c1. The first-order valence-corrected chi connectivity index (χ1v) is 11.2. The third-order valence-corrected chi connectivity index (χ3v) is 6.02. The van der Waals surface area contributed by atoms with E-state index in [-0.39, 0.29) is 18.4 Å². The van der Waals surface area contributed by atoms with Crippen LogP contribution in [0.15, 0.2) is 83.8 Å². The zero-order chi connectivity index (χ0) is 22.5. The zero-order valence-corrected chi connectivity index (χ0v) is 19.0. The maximum absolute atomic E-state index is 13.0. The standard InChI is InChI=1S/C24H17ClN2O3S2/c25-17-8-6-9-18(14-17)26-22(28)15-30-20-12-5-4-7-16(20)13-21-23(29)27(24(31)32-21)19-10-2-1-3-11-19/h1-14H,15H2,(H,26,28)/b21-13-. The van der Waals surface area contributed by atoms with Crippen LogP contribution in [-0.2, 0) is 9.59 Å². The molecule has 1 fully saturated rings. The van der Waals surface area contributed by atoms with Gasteiger partial charge in [-0.3, -0.25) is 14.5 Å². The summed E-state index contributed by atoms with van der Waals surface area (Å²) in [6.45, 7) is -0.192. The summed E-state index contributed by atoms with van der Waals surface area (Å²) in [6, 6.07) is 23.3. The fraction of sp³-hybridized carbons (Fsp3) is 0.0417. The number of carbonyl (C=O) groups excluding carboxylic acids is 2. The van der Waals surface area contributed by atoms with Crippen LogP contribution in [0.2, 0.25) is 5.02 Å². The number of hydrogen-bond acceptors (Lipinski definition) is 5. The molecule has 1 N–H and O–H groups in total. The number of amides is 2. The fourth-order valence-electron chi connectivity index (χ4n) is 3.05. The minimum Gasteiger partial charge on any atom is -0.483 e. The average molecular weight is 481 g/mol. The van der Waals surface area contributed by atoms with Crippen molar-refractivity contribution in [2.24, 2.45) is 0 Å². The molecule has 8 heteroatoms. The van der Waals surface area contributed by atoms with E-state index in [0.717, 1.165) is 5.69 Å². The van der Waals surface area contributed by atoms with Crippen LogP contribution in [0.25, 0.3) is 6.08 Å². The van der Waals surface area contributed by atoms with Crippen molar-refractivity contribution in [1.29, 1.82) is 0 Å². The topological polar surface area (TPSA) is 58.6 Å². The Morgan fingerprint density at radius 2 is 1.81 bits per heavy atom. The van der Waals surface area contributed by atoms with Gasteiger partial charge in [-0.25, -0.2) is 0 Å². The molecule has 0 atom stereocenters. The summed E-state index contributed by atoms with van der Waals surface area (Å²) in [5.41, 5.74) is 1.99. The van der Waals surface area contributed by atoms with Crippen LogP contribution >= 0.6 is 35.6 Å². The summed E-state index contributed by atoms with van der Waals surface area (Å²) in [5, 5.41) is 3.27. The molecular formula is C24H17ClN2O3S2. The lowest BCUT2D eigenvalue weighted by atomic mass is 10.2. The van der Waals surface area contributed by atoms with Gasteiger partial charge in [-0.15, -0.1) is 0 Å². The van der Waals surface area contributed by atoms with Crippen LogP contribution in [0, 0.1) is 0 Å². The molecule has 2 amide bonds. The maximum atomic E-state index is 13.0. The molecule has 4 rings (SSSR count). The average Bonchev–Trinajstić information content (AvgIpc) is 3.06. The van der Waals surface area contributed by atoms with Gasteiger partial charge in [0.05, 0.1) is 10.6 Å². The Kier molecular flexibility index (Phi) is 6.90. The highest BCUT2D eigenvalue weighted by atomic mass is 35.5. The molecule has 0 spiro atoms. The summed E-state index contributed by atoms with van der Waals surface area (Å²) < 4.78 is 6.19. The van der Waals surface area contributed by atoms with Crippen molar-refractivity contribution in [3.05, 3.63) is 94.4 Å². The molecule has 160 valence electrons. The van der Waals surface area contributed by atoms with Crippen molar-refractivity contribution in [3.63, 3.8) is 0 Å². The number of rotatable bonds is 6. The molecule has 1 aliphatic rings. The molecule has 0 bridgehead atoms. The largest absolute Gasteiger partial charge is 0.483 e. The molecule has 0 radical (unpaired) electrons. The Hall–Kier alpha value is -3.13. The van der Waals surface area contributed by atoms with Crippen molar-refractivity contribution in [2.45, 2.75) is 0 Å². The van der Waals surface area contributed by atoms with Gasteiger partial charge in [0.25, 0.3) is 11.8 Å². The summed E-state index contributed by atoms with van der Waals surface area (Å²) in [4.78, 5) is 27.2. The van der Waals surface area contributed by atoms with Crippen molar-refractivity contribution >= 4 is 69.2 Å². The molecular weight excluding hydrogens is 464 g/mol. The van der Waals surface area contributed by atoms with E-state index in [1.165, 1.54) is 16.7 Å². The number of anilines is 2. The summed E-state index contributed by atoms with van der Waals surface area (Å²) in [7, 11) is 0. The predicted molar refractivity (Wildman–Crippen MR) is 134 cm³/mol. The number of nitrogens with one attached hydrogen (secondary N) is 1. The third-order valence-electron chi connectivity index (χ3n) is 4.48. The highest BCUT2D eigenvalue weighted by molar-refractivity contribution is 8.27. The van der Waals surface area contributed by atoms with Crippen molar-refractivity contribution in [2.75, 3.05) is 16.8 Å². The first kappa shape index (κ1) is 22.1. The Morgan fingerprint density at radius 1 is 1.06 bits per heavy atom. The first-order chi connectivity index (χ1) is 15.5. The number of ether oxygens (including phenoxy) is 1. The summed E-state index contributed by atoms with van der Waals surface area (Å²) >= 11 is 12.6. The third kappa shape index (κ3) is 5.19. The molecule has 3 aromatic carbocycles. The number of halogens is 1. The van der Waals surface area contributed by atoms with Crippen molar-refractivity contribution < 1.29 is 14.3 Å². The molecule has 0 saturated carbocycles. The number of para-hydroxylation sites is 2. The lowest BCUT2D eigenvalue weighted by Gasteiger charge is -2.14. The molecule has 0 aliphatic carbocycles. The highest BCUT2D eigenvalue weighted by Crippen LogP contribution is 2.37. The maximum Gasteiger partial charge on any atom is 0.270 e. The van der Waals surface area contributed by atoms with E-state index in [1.54, 1.807) is 42.5 Å². The molecule has 0 unspecified atom stereocenters. The second-order valence-electron chi connectivity index (χ2n) is 6.74. The minimum absolute atomic E-state index is 0.192. The van der Waals surface area contributed by atoms with Gasteiger partial charge in [0.15, 0.2) is 10.9 Å².